The van der Waals surface area contributed by atoms with Gasteiger partial charge in [-0.3, -0.25) is 0 Å². The van der Waals surface area contributed by atoms with Crippen molar-refractivity contribution in [2.24, 2.45) is 0 Å². The van der Waals surface area contributed by atoms with Gasteiger partial charge < -0.3 is 47.9 Å². The van der Waals surface area contributed by atoms with Crippen LogP contribution in [0.5, 0.6) is 5.88 Å². The summed E-state index contributed by atoms with van der Waals surface area (Å²) >= 11 is 0. The van der Waals surface area contributed by atoms with Gasteiger partial charge in [0.25, 0.3) is 0 Å². The number of hydrogen-bond acceptors (Lipinski definition) is 16. The monoisotopic (exact) mass is 863 g/mol. The van der Waals surface area contributed by atoms with Crippen molar-refractivity contribution < 1.29 is 61.8 Å². The lowest BCUT2D eigenvalue weighted by atomic mass is 9.92. The number of nitrogens with one attached hydrogen (secondary N) is 1. The summed E-state index contributed by atoms with van der Waals surface area (Å²) in [5, 5.41) is 3.33. The summed E-state index contributed by atoms with van der Waals surface area (Å²) in [5.41, 5.74) is -2.70. The molecule has 0 saturated carbocycles. The van der Waals surface area contributed by atoms with Gasteiger partial charge in [-0.05, 0) is 88.6 Å². The first kappa shape index (κ1) is 45.8. The number of hydrogen-bond donors (Lipinski definition) is 1. The summed E-state index contributed by atoms with van der Waals surface area (Å²) in [5.74, 6) is -1.000. The summed E-state index contributed by atoms with van der Waals surface area (Å²) in [6, 6.07) is 17.2. The Kier molecular flexibility index (Phi) is 13.0. The molecule has 6 rings (SSSR count). The molecular weight excluding hydrogens is 807 g/mol. The Bertz CT molecular complexity index is 2070. The molecule has 2 fully saturated rings. The Labute approximate surface area is 361 Å². The van der Waals surface area contributed by atoms with Crippen LogP contribution in [0, 0.1) is 0 Å². The zero-order valence-electron chi connectivity index (χ0n) is 37.2. The van der Waals surface area contributed by atoms with Gasteiger partial charge in [-0.25, -0.2) is 24.1 Å². The molecule has 4 heterocycles. The van der Waals surface area contributed by atoms with Crippen molar-refractivity contribution >= 4 is 41.9 Å². The molecule has 0 radical (unpaired) electrons. The van der Waals surface area contributed by atoms with Crippen LogP contribution in [0.4, 0.5) is 36.6 Å². The highest BCUT2D eigenvalue weighted by Crippen LogP contribution is 2.46. The molecular formula is C44H57N5O13. The van der Waals surface area contributed by atoms with E-state index in [2.05, 4.69) is 15.3 Å². The summed E-state index contributed by atoms with van der Waals surface area (Å²) in [6.07, 6.45) is -9.70. The number of nitrogens with zero attached hydrogens (tertiary/aromatic N) is 4. The number of anilines is 3. The molecule has 6 unspecified atom stereocenters. The topological polar surface area (TPSA) is 196 Å². The maximum atomic E-state index is 14.7. The number of benzene rings is 2. The Balaban J connectivity index is 1.55. The molecule has 0 spiro atoms. The fourth-order valence-corrected chi connectivity index (χ4v) is 6.56. The van der Waals surface area contributed by atoms with E-state index in [0.717, 1.165) is 10.5 Å². The molecule has 336 valence electrons. The number of carbonyl (C=O) groups is 4. The van der Waals surface area contributed by atoms with E-state index < -0.39 is 89.7 Å². The van der Waals surface area contributed by atoms with E-state index in [1.54, 1.807) is 83.1 Å². The third kappa shape index (κ3) is 11.4. The molecule has 2 saturated heterocycles. The van der Waals surface area contributed by atoms with E-state index in [9.17, 15) is 19.2 Å². The first-order valence-electron chi connectivity index (χ1n) is 20.4. The van der Waals surface area contributed by atoms with Crippen LogP contribution in [-0.2, 0) is 44.5 Å². The lowest BCUT2D eigenvalue weighted by molar-refractivity contribution is -0.312. The van der Waals surface area contributed by atoms with E-state index >= 15 is 0 Å². The highest BCUT2D eigenvalue weighted by Gasteiger charge is 2.58. The molecule has 62 heavy (non-hydrogen) atoms. The zero-order valence-corrected chi connectivity index (χ0v) is 37.2. The van der Waals surface area contributed by atoms with E-state index in [0.29, 0.717) is 10.5 Å². The summed E-state index contributed by atoms with van der Waals surface area (Å²) in [4.78, 5) is 67.1. The van der Waals surface area contributed by atoms with Gasteiger partial charge in [0.05, 0.1) is 6.61 Å². The van der Waals surface area contributed by atoms with Crippen LogP contribution in [0.2, 0.25) is 0 Å². The van der Waals surface area contributed by atoms with E-state index in [1.807, 2.05) is 60.7 Å². The predicted octanol–water partition coefficient (Wildman–Crippen LogP) is 8.43. The zero-order chi connectivity index (χ0) is 45.4. The predicted molar refractivity (Wildman–Crippen MR) is 224 cm³/mol. The SMILES string of the molecule is CC(C)(C)OC(=O)OC1C2Nc3c(OCc4ccccc4)nc(N(C(=O)OC(C)(C)C)C(=O)OC(C)(C)C)nc3N(C(=O)OC(C)(C)C)C2OC2COC(c3ccccc3)OC21. The Morgan fingerprint density at radius 1 is 0.742 bits per heavy atom. The number of ether oxygens (including phenoxy) is 9. The van der Waals surface area contributed by atoms with Gasteiger partial charge >= 0.3 is 24.4 Å². The first-order chi connectivity index (χ1) is 28.9. The molecule has 1 N–H and O–H groups in total. The third-order valence-corrected chi connectivity index (χ3v) is 8.85. The van der Waals surface area contributed by atoms with Crippen molar-refractivity contribution in [2.75, 3.05) is 21.7 Å². The van der Waals surface area contributed by atoms with Crippen molar-refractivity contribution in [3.05, 3.63) is 71.8 Å². The van der Waals surface area contributed by atoms with Crippen molar-refractivity contribution in [3.63, 3.8) is 0 Å². The molecule has 1 aromatic heterocycles. The maximum absolute atomic E-state index is 14.7. The smallest absolute Gasteiger partial charge is 0.471 e. The molecule has 3 amide bonds. The minimum atomic E-state index is -1.37. The Hall–Kier alpha value is -5.72. The van der Waals surface area contributed by atoms with Crippen LogP contribution in [-0.4, -0.2) is 94.0 Å². The van der Waals surface area contributed by atoms with E-state index in [-0.39, 0.29) is 30.6 Å². The van der Waals surface area contributed by atoms with Crippen LogP contribution in [0.25, 0.3) is 0 Å². The molecule has 3 aromatic rings. The minimum Gasteiger partial charge on any atom is -0.471 e. The second kappa shape index (κ2) is 17.6. The fourth-order valence-electron chi connectivity index (χ4n) is 6.56. The van der Waals surface area contributed by atoms with Gasteiger partial charge in [0.2, 0.25) is 11.8 Å². The third-order valence-electron chi connectivity index (χ3n) is 8.85. The van der Waals surface area contributed by atoms with E-state index in [1.165, 1.54) is 0 Å². The number of aromatic nitrogens is 2. The largest absolute Gasteiger partial charge is 0.509 e. The highest BCUT2D eigenvalue weighted by atomic mass is 16.8. The summed E-state index contributed by atoms with van der Waals surface area (Å²) in [7, 11) is 0. The second-order valence-electron chi connectivity index (χ2n) is 18.9. The van der Waals surface area contributed by atoms with Crippen LogP contribution < -0.4 is 19.9 Å². The average molecular weight is 864 g/mol. The second-order valence-corrected chi connectivity index (χ2v) is 18.9. The quantitative estimate of drug-likeness (QED) is 0.183. The van der Waals surface area contributed by atoms with Crippen LogP contribution in [0.1, 0.15) is 101 Å². The Morgan fingerprint density at radius 2 is 1.31 bits per heavy atom. The van der Waals surface area contributed by atoms with E-state index in [4.69, 9.17) is 42.6 Å². The number of fused-ring (bicyclic) bond motifs is 3. The number of rotatable bonds is 6. The van der Waals surface area contributed by atoms with Crippen molar-refractivity contribution in [1.82, 2.24) is 9.97 Å². The fraction of sp³-hybridized carbons (Fsp3) is 0.545. The molecule has 0 bridgehead atoms. The highest BCUT2D eigenvalue weighted by molar-refractivity contribution is 6.08. The summed E-state index contributed by atoms with van der Waals surface area (Å²) < 4.78 is 54.7. The molecule has 2 aromatic carbocycles. The minimum absolute atomic E-state index is 0.00312. The van der Waals surface area contributed by atoms with Gasteiger partial charge in [0.15, 0.2) is 24.4 Å². The van der Waals surface area contributed by atoms with Crippen LogP contribution >= 0.6 is 0 Å². The van der Waals surface area contributed by atoms with Crippen molar-refractivity contribution in [2.45, 2.75) is 149 Å². The number of carbonyl (C=O) groups excluding carboxylic acids is 4. The standard InChI is InChI=1S/C44H57N5O13/c1-41(2,3)59-37(50)48-32-29(33(54-23-25-19-15-13-16-20-25)47-36(46-32)49(38(51)60-42(4,5)6)39(52)61-43(7,8)9)45-28-31(58-40(53)62-44(10,11)12)30-27(56-34(28)48)24-55-35(57-30)26-21-17-14-18-22-26/h13-22,27-28,30-31,34-35,45H,23-24H2,1-12H3. The molecule has 3 aliphatic rings. The normalized spacial score (nSPS) is 22.4. The van der Waals surface area contributed by atoms with Crippen LogP contribution in [0.15, 0.2) is 60.7 Å². The lowest BCUT2D eigenvalue weighted by Crippen LogP contribution is -2.71. The molecule has 6 atom stereocenters. The maximum Gasteiger partial charge on any atom is 0.509 e. The van der Waals surface area contributed by atoms with Gasteiger partial charge in [-0.15, -0.1) is 4.90 Å². The van der Waals surface area contributed by atoms with Gasteiger partial charge in [0, 0.05) is 5.56 Å². The molecule has 18 heteroatoms. The van der Waals surface area contributed by atoms with Gasteiger partial charge in [-0.1, -0.05) is 60.7 Å². The average Bonchev–Trinajstić information content (AvgIpc) is 3.14. The Morgan fingerprint density at radius 3 is 1.87 bits per heavy atom. The van der Waals surface area contributed by atoms with Crippen molar-refractivity contribution in [3.8, 4) is 5.88 Å². The first-order valence-corrected chi connectivity index (χ1v) is 20.4. The molecule has 3 aliphatic heterocycles. The summed E-state index contributed by atoms with van der Waals surface area (Å²) in [6.45, 7) is 19.7. The number of imide groups is 1. The lowest BCUT2D eigenvalue weighted by Gasteiger charge is -2.53. The van der Waals surface area contributed by atoms with Crippen LogP contribution in [0.3, 0.4) is 0 Å². The van der Waals surface area contributed by atoms with Crippen molar-refractivity contribution in [1.29, 1.82) is 0 Å². The molecule has 0 aliphatic carbocycles. The number of amides is 3. The van der Waals surface area contributed by atoms with Gasteiger partial charge in [-0.2, -0.15) is 9.97 Å². The molecule has 18 nitrogen and oxygen atoms in total. The van der Waals surface area contributed by atoms with Gasteiger partial charge in [0.1, 0.15) is 52.9 Å².